The molecule has 15 rings (SSSR count). The van der Waals surface area contributed by atoms with Crippen molar-refractivity contribution in [1.82, 2.24) is 73.7 Å². The summed E-state index contributed by atoms with van der Waals surface area (Å²) in [5.74, 6) is 2.13. The van der Waals surface area contributed by atoms with Crippen LogP contribution in [0.4, 0.5) is 52.0 Å². The van der Waals surface area contributed by atoms with E-state index in [1.54, 1.807) is 62.7 Å². The zero-order valence-corrected chi connectivity index (χ0v) is 50.9. The molecule has 3 aliphatic rings. The number of anilines is 9. The van der Waals surface area contributed by atoms with E-state index in [1.807, 2.05) is 34.5 Å². The lowest BCUT2D eigenvalue weighted by atomic mass is 10.1. The van der Waals surface area contributed by atoms with E-state index in [2.05, 4.69) is 115 Å². The number of hydrogen-bond donors (Lipinski definition) is 6. The van der Waals surface area contributed by atoms with E-state index < -0.39 is 17.7 Å². The number of carbonyl (C=O) groups excluding carboxylic acids is 3. The van der Waals surface area contributed by atoms with Crippen molar-refractivity contribution in [1.29, 1.82) is 0 Å². The number of amides is 3. The maximum atomic E-state index is 11.4. The summed E-state index contributed by atoms with van der Waals surface area (Å²) in [7, 11) is 0. The van der Waals surface area contributed by atoms with Crippen LogP contribution in [-0.2, 0) is 0 Å². The van der Waals surface area contributed by atoms with Crippen molar-refractivity contribution < 1.29 is 14.4 Å². The second kappa shape index (κ2) is 26.4. The maximum Gasteiger partial charge on any atom is 0.258 e. The first-order valence-corrected chi connectivity index (χ1v) is 31.9. The zero-order valence-electron chi connectivity index (χ0n) is 48.5. The molecule has 3 saturated heterocycles. The molecule has 3 fully saturated rings. The van der Waals surface area contributed by atoms with Gasteiger partial charge < -0.3 is 47.9 Å². The fourth-order valence-electron chi connectivity index (χ4n) is 10.8. The van der Waals surface area contributed by atoms with Gasteiger partial charge >= 0.3 is 0 Å². The van der Waals surface area contributed by atoms with Crippen LogP contribution in [0, 0.1) is 0 Å². The van der Waals surface area contributed by atoms with Gasteiger partial charge in [0.2, 0.25) is 5.95 Å². The van der Waals surface area contributed by atoms with Gasteiger partial charge in [-0.1, -0.05) is 0 Å². The van der Waals surface area contributed by atoms with Crippen molar-refractivity contribution in [3.8, 4) is 33.8 Å². The third-order valence-electron chi connectivity index (χ3n) is 15.4. The summed E-state index contributed by atoms with van der Waals surface area (Å²) in [5.41, 5.74) is 26.2. The topological polar surface area (TPSA) is 343 Å². The predicted octanol–water partition coefficient (Wildman–Crippen LogP) is 9.24. The van der Waals surface area contributed by atoms with Crippen LogP contribution in [0.1, 0.15) is 86.8 Å². The van der Waals surface area contributed by atoms with E-state index in [-0.39, 0.29) is 0 Å². The summed E-state index contributed by atoms with van der Waals surface area (Å²) in [6, 6.07) is 17.6. The summed E-state index contributed by atoms with van der Waals surface area (Å²) >= 11 is 3.88. The van der Waals surface area contributed by atoms with Crippen molar-refractivity contribution >= 4 is 121 Å². The Hall–Kier alpha value is -10.6. The van der Waals surface area contributed by atoms with E-state index in [1.165, 1.54) is 116 Å². The summed E-state index contributed by atoms with van der Waals surface area (Å²) in [5, 5.41) is 28.4. The molecule has 0 spiro atoms. The van der Waals surface area contributed by atoms with E-state index >= 15 is 0 Å². The number of nitrogens with zero attached hydrogens (tertiary/aromatic N) is 18. The van der Waals surface area contributed by atoms with Gasteiger partial charge in [0.25, 0.3) is 17.7 Å². The number of pyridine rings is 1. The molecule has 11 aromatic heterocycles. The van der Waals surface area contributed by atoms with E-state index in [0.717, 1.165) is 90.5 Å². The standard InChI is InChI=1S/C21H21N7OS.C20H20N8OS.C19H19N9OS/c22-19(29)18-10-14(12-30-18)17-11-23-20(21-24-13-25-28(17)21)26-15-4-6-16(7-5-15)27-8-2-1-3-9-27;21-18(29)16-8-13(11-30-16)15-10-23-19(20-24-12-25-28(15)20)26-14-4-5-17(22-9-14)27-6-2-1-3-7-27;20-16(29)15-6-12(10-30-15)14-9-21-17(18-24-11-25-28(14)18)26-13-7-22-19(23-8-13)27-4-2-1-3-5-27/h4-7,10-13H,1-3,8-9H2,(H2,22,29)(H,23,26);4-5,8-12H,1-3,6-7H2,(H2,21,29)(H,23,26);6-11H,1-5H2,(H2,20,29)(H,21,26). The Morgan fingerprint density at radius 3 is 1.17 bits per heavy atom. The lowest BCUT2D eigenvalue weighted by molar-refractivity contribution is 0.0995. The molecule has 90 heavy (non-hydrogen) atoms. The summed E-state index contributed by atoms with van der Waals surface area (Å²) in [4.78, 5) is 82.8. The Bertz CT molecular complexity index is 4030. The van der Waals surface area contributed by atoms with Gasteiger partial charge in [-0.05, 0) is 112 Å². The average molecular weight is 1260 g/mol. The number of primary amides is 3. The molecule has 0 unspecified atom stereocenters. The van der Waals surface area contributed by atoms with E-state index in [9.17, 15) is 14.4 Å². The molecule has 30 heteroatoms. The fourth-order valence-corrected chi connectivity index (χ4v) is 13.1. The highest BCUT2D eigenvalue weighted by molar-refractivity contribution is 7.13. The highest BCUT2D eigenvalue weighted by atomic mass is 32.1. The molecule has 12 aromatic rings. The number of rotatable bonds is 15. The smallest absolute Gasteiger partial charge is 0.258 e. The van der Waals surface area contributed by atoms with Crippen molar-refractivity contribution in [2.45, 2.75) is 57.8 Å². The molecule has 0 bridgehead atoms. The minimum atomic E-state index is -0.458. The molecular weight excluding hydrogens is 1200 g/mol. The highest BCUT2D eigenvalue weighted by Crippen LogP contribution is 2.33. The first-order chi connectivity index (χ1) is 44.1. The van der Waals surface area contributed by atoms with Gasteiger partial charge in [-0.25, -0.2) is 58.4 Å². The lowest BCUT2D eigenvalue weighted by Gasteiger charge is -2.28. The molecule has 14 heterocycles. The molecule has 456 valence electrons. The Morgan fingerprint density at radius 2 is 0.767 bits per heavy atom. The van der Waals surface area contributed by atoms with Crippen LogP contribution >= 0.6 is 34.0 Å². The van der Waals surface area contributed by atoms with Crippen LogP contribution in [0.2, 0.25) is 0 Å². The van der Waals surface area contributed by atoms with Crippen molar-refractivity contribution in [3.63, 3.8) is 0 Å². The average Bonchev–Trinajstić information content (AvgIpc) is 1.76. The summed E-state index contributed by atoms with van der Waals surface area (Å²) < 4.78 is 5.08. The lowest BCUT2D eigenvalue weighted by Crippen LogP contribution is -2.30. The number of benzene rings is 1. The molecular formula is C60H60N24O3S3. The maximum absolute atomic E-state index is 11.4. The van der Waals surface area contributed by atoms with Gasteiger partial charge in [0.1, 0.15) is 24.8 Å². The Morgan fingerprint density at radius 1 is 0.389 bits per heavy atom. The van der Waals surface area contributed by atoms with Crippen LogP contribution in [0.5, 0.6) is 0 Å². The number of piperidine rings is 3. The number of carbonyl (C=O) groups is 3. The van der Waals surface area contributed by atoms with Crippen LogP contribution in [0.15, 0.2) is 127 Å². The van der Waals surface area contributed by atoms with E-state index in [4.69, 9.17) is 17.2 Å². The first-order valence-electron chi connectivity index (χ1n) is 29.2. The molecule has 0 saturated carbocycles. The Labute approximate surface area is 526 Å². The normalized spacial score (nSPS) is 14.2. The molecule has 0 aliphatic carbocycles. The third kappa shape index (κ3) is 12.9. The number of nitrogens with two attached hydrogens (primary N) is 3. The van der Waals surface area contributed by atoms with Crippen LogP contribution < -0.4 is 47.9 Å². The monoisotopic (exact) mass is 1260 g/mol. The van der Waals surface area contributed by atoms with Gasteiger partial charge in [-0.15, -0.1) is 34.0 Å². The van der Waals surface area contributed by atoms with Crippen LogP contribution in [-0.4, -0.2) is 131 Å². The largest absolute Gasteiger partial charge is 0.372 e. The van der Waals surface area contributed by atoms with Gasteiger partial charge in [0, 0.05) is 83.5 Å². The molecule has 3 aliphatic heterocycles. The molecule has 3 amide bonds. The highest BCUT2D eigenvalue weighted by Gasteiger charge is 2.21. The first kappa shape index (κ1) is 58.4. The molecule has 27 nitrogen and oxygen atoms in total. The third-order valence-corrected chi connectivity index (χ3v) is 18.2. The minimum Gasteiger partial charge on any atom is -0.372 e. The van der Waals surface area contributed by atoms with Crippen molar-refractivity contribution in [2.75, 3.05) is 69.9 Å². The second-order valence-corrected chi connectivity index (χ2v) is 24.1. The van der Waals surface area contributed by atoms with Gasteiger partial charge in [0.15, 0.2) is 34.4 Å². The minimum absolute atomic E-state index is 0.444. The number of aromatic nitrogens is 15. The van der Waals surface area contributed by atoms with Crippen molar-refractivity contribution in [3.05, 3.63) is 142 Å². The summed E-state index contributed by atoms with van der Waals surface area (Å²) in [6.07, 6.45) is 26.0. The number of hydrogen-bond acceptors (Lipinski definition) is 24. The Kier molecular flexibility index (Phi) is 17.1. The van der Waals surface area contributed by atoms with Gasteiger partial charge in [0.05, 0.1) is 80.3 Å². The fraction of sp³-hybridized carbons (Fsp3) is 0.250. The number of thiophene rings is 3. The number of nitrogens with one attached hydrogen (secondary N) is 3. The quantitative estimate of drug-likeness (QED) is 0.0556. The van der Waals surface area contributed by atoms with Gasteiger partial charge in [-0.3, -0.25) is 14.4 Å². The molecule has 0 radical (unpaired) electrons. The zero-order chi connectivity index (χ0) is 61.5. The molecule has 9 N–H and O–H groups in total. The van der Waals surface area contributed by atoms with E-state index in [0.29, 0.717) is 60.4 Å². The van der Waals surface area contributed by atoms with Crippen LogP contribution in [0.25, 0.3) is 50.7 Å². The molecule has 1 aromatic carbocycles. The second-order valence-electron chi connectivity index (χ2n) is 21.4. The Balaban J connectivity index is 0.000000124. The summed E-state index contributed by atoms with van der Waals surface area (Å²) in [6.45, 7) is 6.35. The number of fused-ring (bicyclic) bond motifs is 3. The predicted molar refractivity (Wildman–Crippen MR) is 349 cm³/mol. The van der Waals surface area contributed by atoms with Crippen molar-refractivity contribution in [2.24, 2.45) is 17.2 Å². The molecule has 0 atom stereocenters. The van der Waals surface area contributed by atoms with Gasteiger partial charge in [-0.2, -0.15) is 15.3 Å². The van der Waals surface area contributed by atoms with Crippen LogP contribution in [0.3, 0.4) is 0 Å². The SMILES string of the molecule is NC(=O)c1cc(-c2cnc(Nc3ccc(N4CCCCC4)cc3)c3ncnn23)cs1.NC(=O)c1cc(-c2cnc(Nc3ccc(N4CCCCC4)nc3)c3ncnn23)cs1.NC(=O)c1cc(-c2cnc(Nc3cnc(N4CCCCC4)nc3)c3ncnn23)cs1.